The predicted molar refractivity (Wildman–Crippen MR) is 77.4 cm³/mol. The van der Waals surface area contributed by atoms with Crippen LogP contribution in [-0.4, -0.2) is 17.6 Å². The third-order valence-corrected chi connectivity index (χ3v) is 3.97. The molecule has 1 aliphatic carbocycles. The van der Waals surface area contributed by atoms with E-state index in [0.29, 0.717) is 12.0 Å². The highest BCUT2D eigenvalue weighted by Crippen LogP contribution is 2.36. The molecule has 0 bridgehead atoms. The number of hydrogen-bond acceptors (Lipinski definition) is 2. The number of benzene rings is 2. The average Bonchev–Trinajstić information content (AvgIpc) is 2.84. The van der Waals surface area contributed by atoms with E-state index >= 15 is 0 Å². The van der Waals surface area contributed by atoms with Crippen molar-refractivity contribution in [2.24, 2.45) is 0 Å². The first kappa shape index (κ1) is 13.8. The van der Waals surface area contributed by atoms with Crippen molar-refractivity contribution in [3.8, 4) is 0 Å². The maximum Gasteiger partial charge on any atom is 0.251 e. The molecule has 2 aromatic carbocycles. The molecular weight excluding hydrogens is 269 g/mol. The highest BCUT2D eigenvalue weighted by atomic mass is 19.1. The second-order valence-electron chi connectivity index (χ2n) is 5.38. The molecule has 0 heterocycles. The second-order valence-corrected chi connectivity index (χ2v) is 5.38. The maximum atomic E-state index is 12.8. The fraction of sp³-hybridized carbons (Fsp3) is 0.235. The summed E-state index contributed by atoms with van der Waals surface area (Å²) in [5, 5.41) is 13.4. The molecule has 2 N–H and O–H groups in total. The lowest BCUT2D eigenvalue weighted by molar-refractivity contribution is 0.0369. The molecule has 0 spiro atoms. The van der Waals surface area contributed by atoms with Gasteiger partial charge < -0.3 is 10.4 Å². The molecule has 2 aromatic rings. The number of fused-ring (bicyclic) bond motifs is 1. The predicted octanol–water partition coefficient (Wildman–Crippen LogP) is 2.39. The van der Waals surface area contributed by atoms with Gasteiger partial charge in [0.15, 0.2) is 0 Å². The molecule has 21 heavy (non-hydrogen) atoms. The standard InChI is InChI=1S/C17H16FNO2/c18-14-7-5-13(6-8-14)16(20)19-11-17(21)10-9-12-3-1-2-4-15(12)17/h1-8,21H,9-11H2,(H,19,20). The van der Waals surface area contributed by atoms with E-state index in [4.69, 9.17) is 0 Å². The van der Waals surface area contributed by atoms with Crippen LogP contribution in [-0.2, 0) is 12.0 Å². The van der Waals surface area contributed by atoms with E-state index in [9.17, 15) is 14.3 Å². The Morgan fingerprint density at radius 3 is 2.67 bits per heavy atom. The molecule has 108 valence electrons. The minimum atomic E-state index is -1.02. The topological polar surface area (TPSA) is 49.3 Å². The molecule has 1 atom stereocenters. The number of hydrogen-bond donors (Lipinski definition) is 2. The number of nitrogens with one attached hydrogen (secondary N) is 1. The molecule has 0 fully saturated rings. The van der Waals surface area contributed by atoms with Gasteiger partial charge in [-0.15, -0.1) is 0 Å². The molecule has 0 radical (unpaired) electrons. The van der Waals surface area contributed by atoms with Gasteiger partial charge >= 0.3 is 0 Å². The minimum Gasteiger partial charge on any atom is -0.383 e. The van der Waals surface area contributed by atoms with Crippen molar-refractivity contribution in [2.75, 3.05) is 6.54 Å². The number of halogens is 1. The molecule has 3 rings (SSSR count). The van der Waals surface area contributed by atoms with E-state index in [1.54, 1.807) is 0 Å². The quantitative estimate of drug-likeness (QED) is 0.909. The molecule has 0 aromatic heterocycles. The Kier molecular flexibility index (Phi) is 3.47. The number of amides is 1. The van der Waals surface area contributed by atoms with Gasteiger partial charge in [0, 0.05) is 5.56 Å². The van der Waals surface area contributed by atoms with E-state index in [-0.39, 0.29) is 18.3 Å². The summed E-state index contributed by atoms with van der Waals surface area (Å²) in [5.74, 6) is -0.692. The Bertz CT molecular complexity index is 669. The highest BCUT2D eigenvalue weighted by Gasteiger charge is 2.36. The zero-order valence-corrected chi connectivity index (χ0v) is 11.5. The summed E-state index contributed by atoms with van der Waals surface area (Å²) in [6.07, 6.45) is 1.40. The smallest absolute Gasteiger partial charge is 0.251 e. The van der Waals surface area contributed by atoms with Crippen molar-refractivity contribution in [2.45, 2.75) is 18.4 Å². The van der Waals surface area contributed by atoms with Gasteiger partial charge in [0.25, 0.3) is 5.91 Å². The van der Waals surface area contributed by atoms with Gasteiger partial charge in [0.05, 0.1) is 6.54 Å². The number of rotatable bonds is 3. The average molecular weight is 285 g/mol. The molecule has 0 saturated carbocycles. The summed E-state index contributed by atoms with van der Waals surface area (Å²) < 4.78 is 12.8. The van der Waals surface area contributed by atoms with Gasteiger partial charge in [-0.2, -0.15) is 0 Å². The fourth-order valence-corrected chi connectivity index (χ4v) is 2.78. The van der Waals surface area contributed by atoms with E-state index in [1.165, 1.54) is 24.3 Å². The molecule has 1 aliphatic rings. The van der Waals surface area contributed by atoms with Crippen molar-refractivity contribution in [1.29, 1.82) is 0 Å². The Balaban J connectivity index is 1.71. The Morgan fingerprint density at radius 2 is 1.90 bits per heavy atom. The van der Waals surface area contributed by atoms with E-state index < -0.39 is 5.60 Å². The van der Waals surface area contributed by atoms with Crippen LogP contribution in [0.15, 0.2) is 48.5 Å². The first-order valence-corrected chi connectivity index (χ1v) is 6.93. The molecule has 1 amide bonds. The van der Waals surface area contributed by atoms with Crippen LogP contribution < -0.4 is 5.32 Å². The number of carbonyl (C=O) groups is 1. The minimum absolute atomic E-state index is 0.153. The van der Waals surface area contributed by atoms with Crippen LogP contribution in [0.5, 0.6) is 0 Å². The van der Waals surface area contributed by atoms with Crippen molar-refractivity contribution in [1.82, 2.24) is 5.32 Å². The monoisotopic (exact) mass is 285 g/mol. The summed E-state index contributed by atoms with van der Waals surface area (Å²) in [4.78, 5) is 12.0. The first-order chi connectivity index (χ1) is 10.1. The summed E-state index contributed by atoms with van der Waals surface area (Å²) >= 11 is 0. The zero-order valence-electron chi connectivity index (χ0n) is 11.5. The molecule has 1 unspecified atom stereocenters. The molecule has 3 nitrogen and oxygen atoms in total. The van der Waals surface area contributed by atoms with E-state index in [2.05, 4.69) is 5.32 Å². The third-order valence-electron chi connectivity index (χ3n) is 3.97. The number of aliphatic hydroxyl groups is 1. The Hall–Kier alpha value is -2.20. The van der Waals surface area contributed by atoms with Gasteiger partial charge in [-0.05, 0) is 48.2 Å². The summed E-state index contributed by atoms with van der Waals surface area (Å²) in [7, 11) is 0. The lowest BCUT2D eigenvalue weighted by Gasteiger charge is -2.24. The zero-order chi connectivity index (χ0) is 14.9. The molecular formula is C17H16FNO2. The van der Waals surface area contributed by atoms with Gasteiger partial charge in [-0.1, -0.05) is 24.3 Å². The van der Waals surface area contributed by atoms with Crippen LogP contribution >= 0.6 is 0 Å². The first-order valence-electron chi connectivity index (χ1n) is 6.93. The third kappa shape index (κ3) is 2.67. The SMILES string of the molecule is O=C(NCC1(O)CCc2ccccc21)c1ccc(F)cc1. The van der Waals surface area contributed by atoms with Gasteiger partial charge in [0.1, 0.15) is 11.4 Å². The Morgan fingerprint density at radius 1 is 1.19 bits per heavy atom. The molecule has 0 saturated heterocycles. The van der Waals surface area contributed by atoms with Crippen molar-refractivity contribution < 1.29 is 14.3 Å². The van der Waals surface area contributed by atoms with Crippen LogP contribution in [0.2, 0.25) is 0 Å². The van der Waals surface area contributed by atoms with Gasteiger partial charge in [-0.25, -0.2) is 4.39 Å². The number of carbonyl (C=O) groups excluding carboxylic acids is 1. The van der Waals surface area contributed by atoms with Crippen molar-refractivity contribution >= 4 is 5.91 Å². The summed E-state index contributed by atoms with van der Waals surface area (Å²) in [6, 6.07) is 13.1. The lowest BCUT2D eigenvalue weighted by atomic mass is 9.96. The van der Waals surface area contributed by atoms with Crippen LogP contribution in [0.3, 0.4) is 0 Å². The summed E-state index contributed by atoms with van der Waals surface area (Å²) in [5.41, 5.74) is 1.36. The van der Waals surface area contributed by atoms with Crippen LogP contribution in [0.4, 0.5) is 4.39 Å². The summed E-state index contributed by atoms with van der Waals surface area (Å²) in [6.45, 7) is 0.153. The van der Waals surface area contributed by atoms with Crippen molar-refractivity contribution in [3.05, 3.63) is 71.0 Å². The second kappa shape index (κ2) is 5.30. The Labute approximate surface area is 122 Å². The van der Waals surface area contributed by atoms with Crippen LogP contribution in [0.25, 0.3) is 0 Å². The number of aryl methyl sites for hydroxylation is 1. The van der Waals surface area contributed by atoms with Crippen LogP contribution in [0.1, 0.15) is 27.9 Å². The molecule has 4 heteroatoms. The van der Waals surface area contributed by atoms with Gasteiger partial charge in [0.2, 0.25) is 0 Å². The van der Waals surface area contributed by atoms with E-state index in [1.807, 2.05) is 24.3 Å². The lowest BCUT2D eigenvalue weighted by Crippen LogP contribution is -2.39. The largest absolute Gasteiger partial charge is 0.383 e. The molecule has 0 aliphatic heterocycles. The van der Waals surface area contributed by atoms with Crippen molar-refractivity contribution in [3.63, 3.8) is 0 Å². The normalized spacial score (nSPS) is 20.1. The highest BCUT2D eigenvalue weighted by molar-refractivity contribution is 5.94. The van der Waals surface area contributed by atoms with Gasteiger partial charge in [-0.3, -0.25) is 4.79 Å². The fourth-order valence-electron chi connectivity index (χ4n) is 2.78. The van der Waals surface area contributed by atoms with E-state index in [0.717, 1.165) is 17.5 Å². The van der Waals surface area contributed by atoms with Crippen LogP contribution in [0, 0.1) is 5.82 Å². The maximum absolute atomic E-state index is 12.8.